The molecule has 4 heteroatoms. The summed E-state index contributed by atoms with van der Waals surface area (Å²) in [6.07, 6.45) is 0. The van der Waals surface area contributed by atoms with Crippen LogP contribution < -0.4 is 5.32 Å². The minimum absolute atomic E-state index is 0.120. The molecule has 4 nitrogen and oxygen atoms in total. The van der Waals surface area contributed by atoms with Gasteiger partial charge in [0.05, 0.1) is 5.56 Å². The number of rotatable bonds is 2. The minimum Gasteiger partial charge on any atom is -0.355 e. The highest BCUT2D eigenvalue weighted by Crippen LogP contribution is 2.22. The van der Waals surface area contributed by atoms with Gasteiger partial charge in [-0.15, -0.1) is 0 Å². The fourth-order valence-electron chi connectivity index (χ4n) is 1.64. The number of aryl methyl sites for hydroxylation is 1. The minimum atomic E-state index is -0.120. The molecular formula is C12H13N3O. The Morgan fingerprint density at radius 1 is 1.31 bits per heavy atom. The van der Waals surface area contributed by atoms with Gasteiger partial charge in [-0.05, 0) is 6.92 Å². The highest BCUT2D eigenvalue weighted by Gasteiger charge is 2.17. The molecule has 16 heavy (non-hydrogen) atoms. The summed E-state index contributed by atoms with van der Waals surface area (Å²) in [7, 11) is 1.61. The van der Waals surface area contributed by atoms with Gasteiger partial charge in [-0.1, -0.05) is 30.3 Å². The molecule has 0 saturated heterocycles. The third kappa shape index (κ3) is 1.69. The van der Waals surface area contributed by atoms with Crippen LogP contribution >= 0.6 is 0 Å². The van der Waals surface area contributed by atoms with Crippen LogP contribution in [-0.4, -0.2) is 23.2 Å². The van der Waals surface area contributed by atoms with Crippen LogP contribution in [0.1, 0.15) is 16.1 Å². The number of hydrogen-bond donors (Lipinski definition) is 2. The molecule has 1 heterocycles. The molecule has 0 fully saturated rings. The van der Waals surface area contributed by atoms with Crippen molar-refractivity contribution in [3.8, 4) is 11.3 Å². The van der Waals surface area contributed by atoms with Crippen molar-refractivity contribution in [1.29, 1.82) is 0 Å². The average molecular weight is 215 g/mol. The molecule has 0 atom stereocenters. The third-order valence-electron chi connectivity index (χ3n) is 2.45. The van der Waals surface area contributed by atoms with Crippen LogP contribution in [0.2, 0.25) is 0 Å². The van der Waals surface area contributed by atoms with Crippen molar-refractivity contribution in [3.05, 3.63) is 41.6 Å². The van der Waals surface area contributed by atoms with E-state index in [4.69, 9.17) is 0 Å². The lowest BCUT2D eigenvalue weighted by molar-refractivity contribution is 0.0963. The summed E-state index contributed by atoms with van der Waals surface area (Å²) in [5.41, 5.74) is 3.01. The second-order valence-corrected chi connectivity index (χ2v) is 3.52. The Labute approximate surface area is 93.7 Å². The van der Waals surface area contributed by atoms with Gasteiger partial charge in [0.25, 0.3) is 5.91 Å². The average Bonchev–Trinajstić information content (AvgIpc) is 2.71. The number of benzene rings is 1. The van der Waals surface area contributed by atoms with Crippen LogP contribution in [-0.2, 0) is 0 Å². The first kappa shape index (κ1) is 10.4. The smallest absolute Gasteiger partial charge is 0.255 e. The van der Waals surface area contributed by atoms with Gasteiger partial charge >= 0.3 is 0 Å². The molecule has 0 aliphatic rings. The van der Waals surface area contributed by atoms with Crippen molar-refractivity contribution in [2.24, 2.45) is 0 Å². The molecule has 1 aromatic heterocycles. The van der Waals surface area contributed by atoms with E-state index in [0.29, 0.717) is 11.3 Å². The van der Waals surface area contributed by atoms with E-state index >= 15 is 0 Å². The molecule has 0 radical (unpaired) electrons. The van der Waals surface area contributed by atoms with E-state index in [9.17, 15) is 4.79 Å². The maximum absolute atomic E-state index is 11.7. The number of carbonyl (C=O) groups excluding carboxylic acids is 1. The van der Waals surface area contributed by atoms with Gasteiger partial charge in [0.1, 0.15) is 5.69 Å². The highest BCUT2D eigenvalue weighted by molar-refractivity contribution is 6.00. The Morgan fingerprint density at radius 3 is 2.62 bits per heavy atom. The van der Waals surface area contributed by atoms with Crippen molar-refractivity contribution in [2.75, 3.05) is 7.05 Å². The predicted molar refractivity (Wildman–Crippen MR) is 62.2 cm³/mol. The van der Waals surface area contributed by atoms with Gasteiger partial charge in [-0.2, -0.15) is 5.10 Å². The molecule has 0 spiro atoms. The van der Waals surface area contributed by atoms with Crippen LogP contribution in [0, 0.1) is 6.92 Å². The SMILES string of the molecule is CNC(=O)c1c(-c2ccccc2)n[nH]c1C. The lowest BCUT2D eigenvalue weighted by Crippen LogP contribution is -2.19. The molecule has 0 aliphatic carbocycles. The lowest BCUT2D eigenvalue weighted by Gasteiger charge is -2.02. The summed E-state index contributed by atoms with van der Waals surface area (Å²) in [5, 5.41) is 9.63. The van der Waals surface area contributed by atoms with E-state index in [0.717, 1.165) is 11.3 Å². The van der Waals surface area contributed by atoms with Gasteiger partial charge in [-0.3, -0.25) is 9.89 Å². The van der Waals surface area contributed by atoms with Crippen molar-refractivity contribution in [2.45, 2.75) is 6.92 Å². The summed E-state index contributed by atoms with van der Waals surface area (Å²) in [4.78, 5) is 11.7. The summed E-state index contributed by atoms with van der Waals surface area (Å²) >= 11 is 0. The molecule has 0 saturated carbocycles. The van der Waals surface area contributed by atoms with E-state index in [1.54, 1.807) is 7.05 Å². The first-order chi connectivity index (χ1) is 7.74. The molecule has 0 unspecified atom stereocenters. The normalized spacial score (nSPS) is 10.1. The van der Waals surface area contributed by atoms with Crippen LogP contribution in [0.4, 0.5) is 0 Å². The topological polar surface area (TPSA) is 57.8 Å². The van der Waals surface area contributed by atoms with E-state index in [2.05, 4.69) is 15.5 Å². The van der Waals surface area contributed by atoms with Crippen LogP contribution in [0.5, 0.6) is 0 Å². The maximum Gasteiger partial charge on any atom is 0.255 e. The lowest BCUT2D eigenvalue weighted by atomic mass is 10.1. The third-order valence-corrected chi connectivity index (χ3v) is 2.45. The maximum atomic E-state index is 11.7. The number of amides is 1. The van der Waals surface area contributed by atoms with Crippen molar-refractivity contribution in [1.82, 2.24) is 15.5 Å². The summed E-state index contributed by atoms with van der Waals surface area (Å²) in [5.74, 6) is -0.120. The van der Waals surface area contributed by atoms with Gasteiger partial charge in [-0.25, -0.2) is 0 Å². The summed E-state index contributed by atoms with van der Waals surface area (Å²) in [6.45, 7) is 1.84. The molecule has 2 rings (SSSR count). The molecule has 82 valence electrons. The van der Waals surface area contributed by atoms with Gasteiger partial charge in [0.15, 0.2) is 0 Å². The number of hydrogen-bond acceptors (Lipinski definition) is 2. The molecule has 0 aliphatic heterocycles. The zero-order chi connectivity index (χ0) is 11.5. The Hall–Kier alpha value is -2.10. The fraction of sp³-hybridized carbons (Fsp3) is 0.167. The predicted octanol–water partition coefficient (Wildman–Crippen LogP) is 1.74. The summed E-state index contributed by atoms with van der Waals surface area (Å²) < 4.78 is 0. The number of aromatic amines is 1. The molecule has 1 amide bonds. The Bertz CT molecular complexity index is 502. The largest absolute Gasteiger partial charge is 0.355 e. The Kier molecular flexibility index (Phi) is 2.72. The van der Waals surface area contributed by atoms with Crippen LogP contribution in [0.15, 0.2) is 30.3 Å². The van der Waals surface area contributed by atoms with Crippen molar-refractivity contribution in [3.63, 3.8) is 0 Å². The van der Waals surface area contributed by atoms with Gasteiger partial charge < -0.3 is 5.32 Å². The van der Waals surface area contributed by atoms with E-state index in [1.165, 1.54) is 0 Å². The standard InChI is InChI=1S/C12H13N3O/c1-8-10(12(16)13-2)11(15-14-8)9-6-4-3-5-7-9/h3-7H,1-2H3,(H,13,16)(H,14,15). The number of nitrogens with one attached hydrogen (secondary N) is 2. The van der Waals surface area contributed by atoms with E-state index < -0.39 is 0 Å². The van der Waals surface area contributed by atoms with Crippen molar-refractivity contribution >= 4 is 5.91 Å². The zero-order valence-corrected chi connectivity index (χ0v) is 9.24. The number of aromatic nitrogens is 2. The second-order valence-electron chi connectivity index (χ2n) is 3.52. The second kappa shape index (κ2) is 4.18. The highest BCUT2D eigenvalue weighted by atomic mass is 16.1. The van der Waals surface area contributed by atoms with Crippen molar-refractivity contribution < 1.29 is 4.79 Å². The molecule has 0 bridgehead atoms. The van der Waals surface area contributed by atoms with E-state index in [1.807, 2.05) is 37.3 Å². The number of H-pyrrole nitrogens is 1. The number of carbonyl (C=O) groups is 1. The fourth-order valence-corrected chi connectivity index (χ4v) is 1.64. The molecule has 1 aromatic carbocycles. The van der Waals surface area contributed by atoms with Crippen LogP contribution in [0.3, 0.4) is 0 Å². The monoisotopic (exact) mass is 215 g/mol. The molecule has 2 aromatic rings. The molecule has 2 N–H and O–H groups in total. The first-order valence-electron chi connectivity index (χ1n) is 5.06. The molecular weight excluding hydrogens is 202 g/mol. The van der Waals surface area contributed by atoms with Crippen LogP contribution in [0.25, 0.3) is 11.3 Å². The summed E-state index contributed by atoms with van der Waals surface area (Å²) in [6, 6.07) is 9.65. The van der Waals surface area contributed by atoms with Gasteiger partial charge in [0.2, 0.25) is 0 Å². The number of nitrogens with zero attached hydrogens (tertiary/aromatic N) is 1. The Morgan fingerprint density at radius 2 is 2.00 bits per heavy atom. The van der Waals surface area contributed by atoms with Gasteiger partial charge in [0, 0.05) is 18.3 Å². The first-order valence-corrected chi connectivity index (χ1v) is 5.06. The Balaban J connectivity index is 2.55. The van der Waals surface area contributed by atoms with E-state index in [-0.39, 0.29) is 5.91 Å². The quantitative estimate of drug-likeness (QED) is 0.801. The zero-order valence-electron chi connectivity index (χ0n) is 9.24.